The summed E-state index contributed by atoms with van der Waals surface area (Å²) < 4.78 is 6.12. The Morgan fingerprint density at radius 3 is 2.46 bits per heavy atom. The molecule has 2 saturated heterocycles. The number of likely N-dealkylation sites (tertiary alicyclic amines) is 1. The minimum Gasteiger partial charge on any atom is -0.493 e. The third-order valence-electron chi connectivity index (χ3n) is 7.02. The molecule has 1 aromatic heterocycles. The van der Waals surface area contributed by atoms with E-state index in [1.165, 1.54) is 11.3 Å². The Kier molecular flexibility index (Phi) is 7.59. The third-order valence-corrected chi connectivity index (χ3v) is 7.02. The Morgan fingerprint density at radius 2 is 1.71 bits per heavy atom. The number of rotatable bonds is 7. The van der Waals surface area contributed by atoms with Gasteiger partial charge in [0.15, 0.2) is 0 Å². The smallest absolute Gasteiger partial charge is 0.255 e. The van der Waals surface area contributed by atoms with E-state index in [0.717, 1.165) is 64.4 Å². The molecule has 2 aromatic carbocycles. The first-order valence-electron chi connectivity index (χ1n) is 12.7. The SMILES string of the molecule is O=C(c1cccnc1)N1CCC[C@H](COc2ccc(CN3CCN(c4ccccc4)CC3)cc2)C1. The van der Waals surface area contributed by atoms with Gasteiger partial charge in [-0.15, -0.1) is 0 Å². The number of benzene rings is 2. The molecule has 0 radical (unpaired) electrons. The molecule has 5 rings (SSSR count). The largest absolute Gasteiger partial charge is 0.493 e. The minimum absolute atomic E-state index is 0.0664. The standard InChI is InChI=1S/C29H34N4O2/c34-29(26-7-4-14-30-20-26)33-15-5-6-25(22-33)23-35-28-12-10-24(11-13-28)21-31-16-18-32(19-17-31)27-8-2-1-3-9-27/h1-4,7-14,20,25H,5-6,15-19,21-23H2/t25-/m0/s1. The zero-order valence-corrected chi connectivity index (χ0v) is 20.3. The summed E-state index contributed by atoms with van der Waals surface area (Å²) in [4.78, 5) is 23.7. The lowest BCUT2D eigenvalue weighted by atomic mass is 9.98. The number of anilines is 1. The summed E-state index contributed by atoms with van der Waals surface area (Å²) in [5, 5.41) is 0. The van der Waals surface area contributed by atoms with Gasteiger partial charge in [0.05, 0.1) is 12.2 Å². The van der Waals surface area contributed by atoms with E-state index in [1.54, 1.807) is 12.4 Å². The molecule has 0 unspecified atom stereocenters. The number of hydrogen-bond acceptors (Lipinski definition) is 5. The third kappa shape index (κ3) is 6.20. The van der Waals surface area contributed by atoms with Gasteiger partial charge in [0.25, 0.3) is 5.91 Å². The van der Waals surface area contributed by atoms with Gasteiger partial charge in [-0.25, -0.2) is 0 Å². The van der Waals surface area contributed by atoms with Gasteiger partial charge < -0.3 is 14.5 Å². The Labute approximate surface area is 208 Å². The van der Waals surface area contributed by atoms with E-state index in [9.17, 15) is 4.79 Å². The topological polar surface area (TPSA) is 48.9 Å². The van der Waals surface area contributed by atoms with Crippen LogP contribution in [0.5, 0.6) is 5.75 Å². The highest BCUT2D eigenvalue weighted by Gasteiger charge is 2.25. The van der Waals surface area contributed by atoms with E-state index >= 15 is 0 Å². The van der Waals surface area contributed by atoms with E-state index < -0.39 is 0 Å². The van der Waals surface area contributed by atoms with Crippen molar-refractivity contribution in [2.45, 2.75) is 19.4 Å². The molecule has 2 aliphatic heterocycles. The minimum atomic E-state index is 0.0664. The van der Waals surface area contributed by atoms with Crippen LogP contribution in [-0.2, 0) is 6.54 Å². The number of hydrogen-bond donors (Lipinski definition) is 0. The predicted octanol–water partition coefficient (Wildman–Crippen LogP) is 4.34. The Bertz CT molecular complexity index is 1070. The average molecular weight is 471 g/mol. The molecule has 0 saturated carbocycles. The fraction of sp³-hybridized carbons (Fsp3) is 0.379. The van der Waals surface area contributed by atoms with Crippen LogP contribution in [0.1, 0.15) is 28.8 Å². The first-order chi connectivity index (χ1) is 17.2. The maximum atomic E-state index is 12.7. The number of piperazine rings is 1. The van der Waals surface area contributed by atoms with Gasteiger partial charge in [0, 0.05) is 69.8 Å². The second-order valence-electron chi connectivity index (χ2n) is 9.55. The first kappa shape index (κ1) is 23.4. The van der Waals surface area contributed by atoms with Gasteiger partial charge in [-0.2, -0.15) is 0 Å². The second-order valence-corrected chi connectivity index (χ2v) is 9.55. The monoisotopic (exact) mass is 470 g/mol. The molecule has 2 aliphatic rings. The van der Waals surface area contributed by atoms with Gasteiger partial charge in [-0.3, -0.25) is 14.7 Å². The van der Waals surface area contributed by atoms with E-state index in [1.807, 2.05) is 17.0 Å². The lowest BCUT2D eigenvalue weighted by Gasteiger charge is -2.36. The quantitative estimate of drug-likeness (QED) is 0.514. The summed E-state index contributed by atoms with van der Waals surface area (Å²) in [6, 6.07) is 22.8. The van der Waals surface area contributed by atoms with Crippen LogP contribution >= 0.6 is 0 Å². The van der Waals surface area contributed by atoms with Crippen molar-refractivity contribution in [2.24, 2.45) is 5.92 Å². The molecule has 6 heteroatoms. The summed E-state index contributed by atoms with van der Waals surface area (Å²) in [6.45, 7) is 7.42. The number of piperidine rings is 1. The predicted molar refractivity (Wildman–Crippen MR) is 139 cm³/mol. The average Bonchev–Trinajstić information content (AvgIpc) is 2.94. The van der Waals surface area contributed by atoms with Crippen molar-refractivity contribution in [3.05, 3.63) is 90.3 Å². The van der Waals surface area contributed by atoms with Crippen molar-refractivity contribution in [2.75, 3.05) is 50.8 Å². The number of nitrogens with zero attached hydrogens (tertiary/aromatic N) is 4. The number of carbonyl (C=O) groups is 1. The molecule has 1 atom stereocenters. The number of carbonyl (C=O) groups excluding carboxylic acids is 1. The first-order valence-corrected chi connectivity index (χ1v) is 12.7. The van der Waals surface area contributed by atoms with Crippen LogP contribution in [0.25, 0.3) is 0 Å². The number of ether oxygens (including phenoxy) is 1. The number of aromatic nitrogens is 1. The molecule has 1 amide bonds. The number of para-hydroxylation sites is 1. The Balaban J connectivity index is 1.06. The zero-order chi connectivity index (χ0) is 23.9. The van der Waals surface area contributed by atoms with Crippen LogP contribution in [0.4, 0.5) is 5.69 Å². The summed E-state index contributed by atoms with van der Waals surface area (Å²) >= 11 is 0. The van der Waals surface area contributed by atoms with Crippen molar-refractivity contribution in [1.29, 1.82) is 0 Å². The fourth-order valence-corrected chi connectivity index (χ4v) is 5.02. The summed E-state index contributed by atoms with van der Waals surface area (Å²) in [5.74, 6) is 1.32. The zero-order valence-electron chi connectivity index (χ0n) is 20.3. The molecule has 0 aliphatic carbocycles. The fourth-order valence-electron chi connectivity index (χ4n) is 5.02. The van der Waals surface area contributed by atoms with Gasteiger partial charge >= 0.3 is 0 Å². The van der Waals surface area contributed by atoms with E-state index in [2.05, 4.69) is 69.4 Å². The Hall–Kier alpha value is -3.38. The normalized spacial score (nSPS) is 18.9. The molecule has 3 aromatic rings. The molecule has 2 fully saturated rings. The molecule has 0 bridgehead atoms. The summed E-state index contributed by atoms with van der Waals surface area (Å²) in [7, 11) is 0. The number of pyridine rings is 1. The second kappa shape index (κ2) is 11.4. The molecule has 0 spiro atoms. The molecule has 182 valence electrons. The van der Waals surface area contributed by atoms with Crippen molar-refractivity contribution in [3.8, 4) is 5.75 Å². The van der Waals surface area contributed by atoms with Crippen LogP contribution in [0.15, 0.2) is 79.1 Å². The van der Waals surface area contributed by atoms with Crippen LogP contribution in [0.3, 0.4) is 0 Å². The highest BCUT2D eigenvalue weighted by atomic mass is 16.5. The lowest BCUT2D eigenvalue weighted by molar-refractivity contribution is 0.0633. The lowest BCUT2D eigenvalue weighted by Crippen LogP contribution is -2.45. The van der Waals surface area contributed by atoms with Crippen LogP contribution in [0, 0.1) is 5.92 Å². The molecular formula is C29H34N4O2. The summed E-state index contributed by atoms with van der Waals surface area (Å²) in [6.07, 6.45) is 5.44. The maximum Gasteiger partial charge on any atom is 0.255 e. The van der Waals surface area contributed by atoms with Crippen molar-refractivity contribution in [1.82, 2.24) is 14.8 Å². The van der Waals surface area contributed by atoms with Crippen LogP contribution < -0.4 is 9.64 Å². The van der Waals surface area contributed by atoms with Gasteiger partial charge in [-0.1, -0.05) is 30.3 Å². The highest BCUT2D eigenvalue weighted by Crippen LogP contribution is 2.22. The van der Waals surface area contributed by atoms with E-state index in [0.29, 0.717) is 18.1 Å². The molecular weight excluding hydrogens is 436 g/mol. The van der Waals surface area contributed by atoms with Crippen molar-refractivity contribution < 1.29 is 9.53 Å². The molecule has 3 heterocycles. The molecule has 0 N–H and O–H groups in total. The number of amides is 1. The maximum absolute atomic E-state index is 12.7. The van der Waals surface area contributed by atoms with Crippen molar-refractivity contribution >= 4 is 11.6 Å². The molecule has 35 heavy (non-hydrogen) atoms. The van der Waals surface area contributed by atoms with Crippen molar-refractivity contribution in [3.63, 3.8) is 0 Å². The Morgan fingerprint density at radius 1 is 0.914 bits per heavy atom. The highest BCUT2D eigenvalue weighted by molar-refractivity contribution is 5.93. The van der Waals surface area contributed by atoms with Crippen LogP contribution in [0.2, 0.25) is 0 Å². The van der Waals surface area contributed by atoms with Gasteiger partial charge in [0.1, 0.15) is 5.75 Å². The van der Waals surface area contributed by atoms with Gasteiger partial charge in [-0.05, 0) is 54.8 Å². The summed E-state index contributed by atoms with van der Waals surface area (Å²) in [5.41, 5.74) is 3.29. The molecule has 6 nitrogen and oxygen atoms in total. The van der Waals surface area contributed by atoms with Gasteiger partial charge in [0.2, 0.25) is 0 Å². The van der Waals surface area contributed by atoms with E-state index in [4.69, 9.17) is 4.74 Å². The van der Waals surface area contributed by atoms with E-state index in [-0.39, 0.29) is 5.91 Å². The van der Waals surface area contributed by atoms with Crippen LogP contribution in [-0.4, -0.2) is 66.6 Å².